The van der Waals surface area contributed by atoms with E-state index >= 15 is 0 Å². The summed E-state index contributed by atoms with van der Waals surface area (Å²) >= 11 is 13.1. The fourth-order valence-electron chi connectivity index (χ4n) is 2.03. The molecule has 5 nitrogen and oxygen atoms in total. The van der Waals surface area contributed by atoms with Gasteiger partial charge in [-0.2, -0.15) is 8.75 Å². The molecule has 0 aliphatic rings. The van der Waals surface area contributed by atoms with E-state index in [2.05, 4.69) is 14.1 Å². The van der Waals surface area contributed by atoms with E-state index in [4.69, 9.17) is 27.9 Å². The summed E-state index contributed by atoms with van der Waals surface area (Å²) in [5.41, 5.74) is 2.17. The van der Waals surface area contributed by atoms with Gasteiger partial charge in [-0.25, -0.2) is 0 Å². The molecule has 1 aromatic heterocycles. The lowest BCUT2D eigenvalue weighted by Crippen LogP contribution is -2.13. The van der Waals surface area contributed by atoms with Gasteiger partial charge in [0.2, 0.25) is 0 Å². The zero-order chi connectivity index (χ0) is 15.7. The van der Waals surface area contributed by atoms with E-state index in [0.29, 0.717) is 16.2 Å². The Balaban J connectivity index is 2.00. The molecule has 1 heterocycles. The number of aromatic nitrogens is 2. The van der Waals surface area contributed by atoms with E-state index in [1.54, 1.807) is 12.1 Å². The van der Waals surface area contributed by atoms with Crippen molar-refractivity contribution in [1.82, 2.24) is 8.75 Å². The first kappa shape index (κ1) is 15.0. The lowest BCUT2D eigenvalue weighted by molar-refractivity contribution is 0.102. The Morgan fingerprint density at radius 3 is 2.86 bits per heavy atom. The van der Waals surface area contributed by atoms with Gasteiger partial charge in [0, 0.05) is 5.02 Å². The molecular formula is C14H9Cl2N3O2S. The summed E-state index contributed by atoms with van der Waals surface area (Å²) in [4.78, 5) is 12.5. The van der Waals surface area contributed by atoms with Crippen LogP contribution in [0.2, 0.25) is 10.0 Å². The first-order valence-electron chi connectivity index (χ1n) is 6.16. The minimum atomic E-state index is -0.387. The Morgan fingerprint density at radius 2 is 2.09 bits per heavy atom. The van der Waals surface area contributed by atoms with E-state index in [-0.39, 0.29) is 22.2 Å². The largest absolute Gasteiger partial charge is 0.494 e. The Labute approximate surface area is 140 Å². The number of nitrogens with one attached hydrogen (secondary N) is 1. The Hall–Kier alpha value is -1.89. The second-order valence-electron chi connectivity index (χ2n) is 4.36. The molecule has 22 heavy (non-hydrogen) atoms. The third kappa shape index (κ3) is 2.72. The number of rotatable bonds is 3. The van der Waals surface area contributed by atoms with Crippen molar-refractivity contribution in [1.29, 1.82) is 0 Å². The quantitative estimate of drug-likeness (QED) is 0.763. The molecule has 0 saturated carbocycles. The minimum absolute atomic E-state index is 0.250. The molecule has 2 aromatic carbocycles. The topological polar surface area (TPSA) is 64.1 Å². The first-order chi connectivity index (χ1) is 10.6. The number of nitrogens with zero attached hydrogens (tertiary/aromatic N) is 2. The molecule has 112 valence electrons. The fraction of sp³-hybridized carbons (Fsp3) is 0.0714. The van der Waals surface area contributed by atoms with Crippen molar-refractivity contribution in [2.45, 2.75) is 0 Å². The predicted molar refractivity (Wildman–Crippen MR) is 88.4 cm³/mol. The van der Waals surface area contributed by atoms with E-state index in [1.807, 2.05) is 6.07 Å². The highest BCUT2D eigenvalue weighted by molar-refractivity contribution is 7.00. The van der Waals surface area contributed by atoms with Crippen molar-refractivity contribution < 1.29 is 9.53 Å². The highest BCUT2D eigenvalue weighted by atomic mass is 35.5. The molecule has 0 atom stereocenters. The molecule has 0 radical (unpaired) electrons. The van der Waals surface area contributed by atoms with Crippen molar-refractivity contribution in [3.63, 3.8) is 0 Å². The standard InChI is InChI=1S/C14H9Cl2N3O2S/c1-21-13-8(5-7(15)6-9(13)16)14(20)17-10-3-2-4-11-12(10)19-22-18-11/h2-6H,1H3,(H,17,20). The van der Waals surface area contributed by atoms with Gasteiger partial charge in [-0.15, -0.1) is 0 Å². The number of hydrogen-bond acceptors (Lipinski definition) is 5. The number of amides is 1. The number of ether oxygens (including phenoxy) is 1. The van der Waals surface area contributed by atoms with Gasteiger partial charge in [-0.3, -0.25) is 4.79 Å². The molecule has 0 bridgehead atoms. The van der Waals surface area contributed by atoms with Gasteiger partial charge in [0.1, 0.15) is 16.8 Å². The van der Waals surface area contributed by atoms with E-state index < -0.39 is 0 Å². The lowest BCUT2D eigenvalue weighted by Gasteiger charge is -2.11. The molecule has 3 aromatic rings. The molecule has 0 unspecified atom stereocenters. The second-order valence-corrected chi connectivity index (χ2v) is 5.73. The number of carbonyl (C=O) groups is 1. The number of halogens is 2. The zero-order valence-electron chi connectivity index (χ0n) is 11.3. The van der Waals surface area contributed by atoms with Crippen LogP contribution in [0, 0.1) is 0 Å². The maximum Gasteiger partial charge on any atom is 0.259 e. The van der Waals surface area contributed by atoms with Gasteiger partial charge in [0.05, 0.1) is 35.1 Å². The first-order valence-corrected chi connectivity index (χ1v) is 7.64. The van der Waals surface area contributed by atoms with Crippen LogP contribution >= 0.6 is 34.9 Å². The smallest absolute Gasteiger partial charge is 0.259 e. The Kier molecular flexibility index (Phi) is 4.15. The van der Waals surface area contributed by atoms with Gasteiger partial charge >= 0.3 is 0 Å². The third-order valence-electron chi connectivity index (χ3n) is 2.99. The molecule has 0 saturated heterocycles. The van der Waals surface area contributed by atoms with E-state index in [0.717, 1.165) is 17.2 Å². The summed E-state index contributed by atoms with van der Waals surface area (Å²) in [5.74, 6) is -0.117. The summed E-state index contributed by atoms with van der Waals surface area (Å²) in [6.07, 6.45) is 0. The average Bonchev–Trinajstić information content (AvgIpc) is 2.96. The molecule has 0 spiro atoms. The molecule has 0 fully saturated rings. The van der Waals surface area contributed by atoms with Crippen molar-refractivity contribution in [3.05, 3.63) is 45.9 Å². The SMILES string of the molecule is COc1c(Cl)cc(Cl)cc1C(=O)Nc1cccc2nsnc12. The van der Waals surface area contributed by atoms with Crippen molar-refractivity contribution in [3.8, 4) is 5.75 Å². The fourth-order valence-corrected chi connectivity index (χ4v) is 3.15. The molecule has 1 amide bonds. The Bertz CT molecular complexity index is 866. The van der Waals surface area contributed by atoms with Gasteiger partial charge in [0.15, 0.2) is 0 Å². The van der Waals surface area contributed by atoms with Crippen molar-refractivity contribution in [2.75, 3.05) is 12.4 Å². The third-order valence-corrected chi connectivity index (χ3v) is 4.03. The summed E-state index contributed by atoms with van der Waals surface area (Å²) in [6.45, 7) is 0. The van der Waals surface area contributed by atoms with Gasteiger partial charge in [-0.05, 0) is 24.3 Å². The van der Waals surface area contributed by atoms with Crippen molar-refractivity contribution in [2.24, 2.45) is 0 Å². The molecule has 1 N–H and O–H groups in total. The van der Waals surface area contributed by atoms with Crippen LogP contribution in [0.5, 0.6) is 5.75 Å². The van der Waals surface area contributed by atoms with E-state index in [9.17, 15) is 4.79 Å². The normalized spacial score (nSPS) is 10.7. The van der Waals surface area contributed by atoms with Crippen LogP contribution in [0.3, 0.4) is 0 Å². The number of carbonyl (C=O) groups excluding carboxylic acids is 1. The highest BCUT2D eigenvalue weighted by Gasteiger charge is 2.18. The summed E-state index contributed by atoms with van der Waals surface area (Å²) in [6, 6.07) is 8.39. The molecule has 0 aliphatic carbocycles. The summed E-state index contributed by atoms with van der Waals surface area (Å²) in [7, 11) is 1.44. The highest BCUT2D eigenvalue weighted by Crippen LogP contribution is 2.33. The Morgan fingerprint density at radius 1 is 1.27 bits per heavy atom. The molecule has 8 heteroatoms. The lowest BCUT2D eigenvalue weighted by atomic mass is 10.1. The van der Waals surface area contributed by atoms with Crippen molar-refractivity contribution >= 4 is 57.6 Å². The summed E-state index contributed by atoms with van der Waals surface area (Å²) in [5, 5.41) is 3.41. The minimum Gasteiger partial charge on any atom is -0.494 e. The number of fused-ring (bicyclic) bond motifs is 1. The van der Waals surface area contributed by atoms with Gasteiger partial charge < -0.3 is 10.1 Å². The maximum atomic E-state index is 12.5. The van der Waals surface area contributed by atoms with Crippen LogP contribution in [0.4, 0.5) is 5.69 Å². The number of hydrogen-bond donors (Lipinski definition) is 1. The molecule has 3 rings (SSSR count). The van der Waals surface area contributed by atoms with Crippen LogP contribution in [0.1, 0.15) is 10.4 Å². The second kappa shape index (κ2) is 6.08. The number of methoxy groups -OCH3 is 1. The van der Waals surface area contributed by atoms with Crippen LogP contribution in [-0.2, 0) is 0 Å². The van der Waals surface area contributed by atoms with Crippen LogP contribution in [0.25, 0.3) is 11.0 Å². The molecular weight excluding hydrogens is 345 g/mol. The van der Waals surface area contributed by atoms with Gasteiger partial charge in [0.25, 0.3) is 5.91 Å². The van der Waals surface area contributed by atoms with Gasteiger partial charge in [-0.1, -0.05) is 29.3 Å². The van der Waals surface area contributed by atoms with Crippen LogP contribution < -0.4 is 10.1 Å². The number of anilines is 1. The maximum absolute atomic E-state index is 12.5. The number of benzene rings is 2. The summed E-state index contributed by atoms with van der Waals surface area (Å²) < 4.78 is 13.5. The van der Waals surface area contributed by atoms with E-state index in [1.165, 1.54) is 19.2 Å². The predicted octanol–water partition coefficient (Wildman–Crippen LogP) is 4.26. The van der Waals surface area contributed by atoms with Crippen LogP contribution in [0.15, 0.2) is 30.3 Å². The van der Waals surface area contributed by atoms with Crippen LogP contribution in [-0.4, -0.2) is 21.8 Å². The monoisotopic (exact) mass is 353 g/mol. The zero-order valence-corrected chi connectivity index (χ0v) is 13.6. The molecule has 0 aliphatic heterocycles. The average molecular weight is 354 g/mol.